The summed E-state index contributed by atoms with van der Waals surface area (Å²) >= 11 is 12.9. The summed E-state index contributed by atoms with van der Waals surface area (Å²) in [7, 11) is -4.17. The highest BCUT2D eigenvalue weighted by atomic mass is 35.5. The van der Waals surface area contributed by atoms with Gasteiger partial charge in [-0.05, 0) is 66.7 Å². The topological polar surface area (TPSA) is 75.3 Å². The van der Waals surface area contributed by atoms with Crippen molar-refractivity contribution in [2.24, 2.45) is 0 Å². The molecule has 3 aromatic rings. The van der Waals surface area contributed by atoms with Crippen molar-refractivity contribution in [2.75, 3.05) is 15.8 Å². The van der Waals surface area contributed by atoms with E-state index in [1.165, 1.54) is 36.0 Å². The Balaban J connectivity index is 1.58. The van der Waals surface area contributed by atoms with Crippen molar-refractivity contribution in [2.45, 2.75) is 22.4 Å². The number of benzene rings is 3. The molecular weight excluding hydrogens is 532 g/mol. The molecule has 0 spiro atoms. The van der Waals surface area contributed by atoms with Gasteiger partial charge in [-0.2, -0.15) is 13.2 Å². The zero-order valence-corrected chi connectivity index (χ0v) is 20.3. The molecule has 12 heteroatoms. The predicted octanol–water partition coefficient (Wildman–Crippen LogP) is 6.93. The van der Waals surface area contributed by atoms with Gasteiger partial charge in [0.25, 0.3) is 10.0 Å². The Hall–Kier alpha value is -2.40. The first-order valence-corrected chi connectivity index (χ1v) is 12.8. The van der Waals surface area contributed by atoms with Gasteiger partial charge in [-0.3, -0.25) is 9.52 Å². The van der Waals surface area contributed by atoms with Crippen molar-refractivity contribution in [3.05, 3.63) is 82.3 Å². The Morgan fingerprint density at radius 2 is 1.53 bits per heavy atom. The second-order valence-corrected chi connectivity index (χ2v) is 10.6. The van der Waals surface area contributed by atoms with E-state index in [1.54, 1.807) is 12.1 Å². The number of hydrogen-bond donors (Lipinski definition) is 2. The van der Waals surface area contributed by atoms with E-state index < -0.39 is 26.8 Å². The van der Waals surface area contributed by atoms with Crippen molar-refractivity contribution in [1.29, 1.82) is 0 Å². The van der Waals surface area contributed by atoms with Gasteiger partial charge < -0.3 is 5.32 Å². The molecule has 0 bridgehead atoms. The molecule has 180 valence electrons. The van der Waals surface area contributed by atoms with Crippen LogP contribution >= 0.6 is 35.0 Å². The maximum atomic E-state index is 13.0. The van der Waals surface area contributed by atoms with Crippen molar-refractivity contribution >= 4 is 62.3 Å². The first kappa shape index (κ1) is 26.2. The van der Waals surface area contributed by atoms with Gasteiger partial charge in [-0.25, -0.2) is 8.42 Å². The maximum absolute atomic E-state index is 13.0. The number of carbonyl (C=O) groups excluding carboxylic acids is 1. The molecule has 0 aliphatic carbocycles. The van der Waals surface area contributed by atoms with Gasteiger partial charge in [-0.15, -0.1) is 11.8 Å². The van der Waals surface area contributed by atoms with Crippen molar-refractivity contribution in [1.82, 2.24) is 0 Å². The van der Waals surface area contributed by atoms with E-state index >= 15 is 0 Å². The SMILES string of the molecule is O=C(CCSc1ccc(Cl)cc1)Nc1ccc(S(=O)(=O)Nc2ccc(Cl)c(C(F)(F)F)c2)cc1. The second kappa shape index (κ2) is 10.9. The van der Waals surface area contributed by atoms with E-state index in [1.807, 2.05) is 12.1 Å². The molecule has 0 unspecified atom stereocenters. The number of thioether (sulfide) groups is 1. The molecule has 0 atom stereocenters. The van der Waals surface area contributed by atoms with Crippen molar-refractivity contribution in [3.63, 3.8) is 0 Å². The Morgan fingerprint density at radius 1 is 0.912 bits per heavy atom. The predicted molar refractivity (Wildman–Crippen MR) is 129 cm³/mol. The van der Waals surface area contributed by atoms with Crippen LogP contribution in [0.2, 0.25) is 10.0 Å². The molecule has 34 heavy (non-hydrogen) atoms. The van der Waals surface area contributed by atoms with Crippen LogP contribution in [0.5, 0.6) is 0 Å². The van der Waals surface area contributed by atoms with E-state index in [4.69, 9.17) is 23.2 Å². The highest BCUT2D eigenvalue weighted by Gasteiger charge is 2.33. The lowest BCUT2D eigenvalue weighted by molar-refractivity contribution is -0.137. The summed E-state index contributed by atoms with van der Waals surface area (Å²) in [6.45, 7) is 0. The fourth-order valence-corrected chi connectivity index (χ4v) is 5.01. The molecule has 3 aromatic carbocycles. The van der Waals surface area contributed by atoms with Crippen LogP contribution in [0.25, 0.3) is 0 Å². The minimum absolute atomic E-state index is 0.188. The number of alkyl halides is 3. The summed E-state index contributed by atoms with van der Waals surface area (Å²) in [5.41, 5.74) is -1.06. The van der Waals surface area contributed by atoms with Gasteiger partial charge in [-0.1, -0.05) is 23.2 Å². The van der Waals surface area contributed by atoms with Crippen LogP contribution < -0.4 is 10.0 Å². The first-order chi connectivity index (χ1) is 15.9. The minimum atomic E-state index is -4.73. The van der Waals surface area contributed by atoms with E-state index in [2.05, 4.69) is 10.0 Å². The number of rotatable bonds is 8. The highest BCUT2D eigenvalue weighted by Crippen LogP contribution is 2.36. The molecule has 0 fully saturated rings. The first-order valence-electron chi connectivity index (χ1n) is 9.62. The molecule has 0 saturated heterocycles. The summed E-state index contributed by atoms with van der Waals surface area (Å²) in [6, 6.07) is 15.2. The number of nitrogens with one attached hydrogen (secondary N) is 2. The van der Waals surface area contributed by atoms with E-state index in [-0.39, 0.29) is 22.9 Å². The van der Waals surface area contributed by atoms with Gasteiger partial charge in [0.2, 0.25) is 5.91 Å². The van der Waals surface area contributed by atoms with Gasteiger partial charge in [0, 0.05) is 33.5 Å². The monoisotopic (exact) mass is 548 g/mol. The molecule has 5 nitrogen and oxygen atoms in total. The van der Waals surface area contributed by atoms with Crippen LogP contribution in [-0.4, -0.2) is 20.1 Å². The fourth-order valence-electron chi connectivity index (χ4n) is 2.75. The van der Waals surface area contributed by atoms with Crippen molar-refractivity contribution < 1.29 is 26.4 Å². The smallest absolute Gasteiger partial charge is 0.326 e. The average molecular weight is 549 g/mol. The molecule has 0 aromatic heterocycles. The summed E-state index contributed by atoms with van der Waals surface area (Å²) in [5, 5.41) is 2.75. The lowest BCUT2D eigenvalue weighted by atomic mass is 10.2. The third-order valence-corrected chi connectivity index (χ3v) is 7.38. The molecule has 3 rings (SSSR count). The Kier molecular flexibility index (Phi) is 8.40. The van der Waals surface area contributed by atoms with E-state index in [0.717, 1.165) is 17.0 Å². The minimum Gasteiger partial charge on any atom is -0.326 e. The molecule has 1 amide bonds. The second-order valence-electron chi connectivity index (χ2n) is 6.92. The summed E-state index contributed by atoms with van der Waals surface area (Å²) in [4.78, 5) is 12.9. The number of amides is 1. The summed E-state index contributed by atoms with van der Waals surface area (Å²) < 4.78 is 66.2. The van der Waals surface area contributed by atoms with Gasteiger partial charge >= 0.3 is 6.18 Å². The third-order valence-electron chi connectivity index (χ3n) is 4.38. The molecular formula is C22H17Cl2F3N2O3S2. The van der Waals surface area contributed by atoms with Crippen molar-refractivity contribution in [3.8, 4) is 0 Å². The van der Waals surface area contributed by atoms with E-state index in [9.17, 15) is 26.4 Å². The highest BCUT2D eigenvalue weighted by molar-refractivity contribution is 7.99. The molecule has 0 aliphatic rings. The molecule has 0 radical (unpaired) electrons. The van der Waals surface area contributed by atoms with Crippen LogP contribution in [0.15, 0.2) is 76.5 Å². The lowest BCUT2D eigenvalue weighted by Crippen LogP contribution is -2.15. The van der Waals surface area contributed by atoms with Crippen LogP contribution in [0, 0.1) is 0 Å². The summed E-state index contributed by atoms with van der Waals surface area (Å²) in [5.74, 6) is 0.279. The maximum Gasteiger partial charge on any atom is 0.417 e. The number of carbonyl (C=O) groups is 1. The Morgan fingerprint density at radius 3 is 2.15 bits per heavy atom. The summed E-state index contributed by atoms with van der Waals surface area (Å²) in [6.07, 6.45) is -4.50. The number of anilines is 2. The van der Waals surface area contributed by atoms with Crippen LogP contribution in [-0.2, 0) is 21.0 Å². The Labute approximate surface area is 208 Å². The molecule has 0 saturated carbocycles. The van der Waals surface area contributed by atoms with Crippen LogP contribution in [0.1, 0.15) is 12.0 Å². The Bertz CT molecular complexity index is 1270. The van der Waals surface area contributed by atoms with Gasteiger partial charge in [0.05, 0.1) is 15.5 Å². The molecule has 2 N–H and O–H groups in total. The number of halogens is 5. The largest absolute Gasteiger partial charge is 0.417 e. The quantitative estimate of drug-likeness (QED) is 0.299. The molecule has 0 aliphatic heterocycles. The zero-order valence-electron chi connectivity index (χ0n) is 17.2. The average Bonchev–Trinajstić information content (AvgIpc) is 2.76. The van der Waals surface area contributed by atoms with Crippen LogP contribution in [0.4, 0.5) is 24.5 Å². The molecule has 0 heterocycles. The van der Waals surface area contributed by atoms with E-state index in [0.29, 0.717) is 22.5 Å². The zero-order chi connectivity index (χ0) is 24.9. The third kappa shape index (κ3) is 7.30. The van der Waals surface area contributed by atoms with Crippen LogP contribution in [0.3, 0.4) is 0 Å². The van der Waals surface area contributed by atoms with Gasteiger partial charge in [0.15, 0.2) is 0 Å². The number of sulfonamides is 1. The van der Waals surface area contributed by atoms with Gasteiger partial charge in [0.1, 0.15) is 0 Å². The fraction of sp³-hybridized carbons (Fsp3) is 0.136. The lowest BCUT2D eigenvalue weighted by Gasteiger charge is -2.13. The number of hydrogen-bond acceptors (Lipinski definition) is 4. The standard InChI is InChI=1S/C22H17Cl2F3N2O3S2/c23-14-1-6-17(7-2-14)33-12-11-21(30)28-15-3-8-18(9-4-15)34(31,32)29-16-5-10-20(24)19(13-16)22(25,26)27/h1-10,13,29H,11-12H2,(H,28,30). The normalized spacial score (nSPS) is 11.8.